The van der Waals surface area contributed by atoms with Gasteiger partial charge in [-0.05, 0) is 43.5 Å². The first kappa shape index (κ1) is 25.8. The number of nitrogens with zero attached hydrogens (tertiary/aromatic N) is 2. The Morgan fingerprint density at radius 3 is 2.57 bits per heavy atom. The average molecular weight is 514 g/mol. The molecule has 1 aliphatic rings. The summed E-state index contributed by atoms with van der Waals surface area (Å²) in [6.07, 6.45) is 6.22. The highest BCUT2D eigenvalue weighted by molar-refractivity contribution is 7.89. The second-order valence-electron chi connectivity index (χ2n) is 9.01. The number of hydrogen-bond donors (Lipinski definition) is 1. The molecule has 2 aromatic carbocycles. The summed E-state index contributed by atoms with van der Waals surface area (Å²) >= 11 is 1.56. The largest absolute Gasteiger partial charge is 0.495 e. The lowest BCUT2D eigenvalue weighted by molar-refractivity contribution is 0.311. The smallest absolute Gasteiger partial charge is 0.247 e. The molecule has 1 saturated carbocycles. The van der Waals surface area contributed by atoms with Crippen molar-refractivity contribution in [2.45, 2.75) is 69.5 Å². The van der Waals surface area contributed by atoms with E-state index in [1.54, 1.807) is 39.9 Å². The summed E-state index contributed by atoms with van der Waals surface area (Å²) in [5, 5.41) is 6.36. The number of para-hydroxylation sites is 1. The summed E-state index contributed by atoms with van der Waals surface area (Å²) in [6, 6.07) is 15.3. The molecule has 4 rings (SSSR count). The van der Waals surface area contributed by atoms with Crippen molar-refractivity contribution < 1.29 is 13.2 Å². The number of rotatable bonds is 12. The van der Waals surface area contributed by atoms with Gasteiger partial charge in [-0.1, -0.05) is 62.6 Å². The van der Waals surface area contributed by atoms with Crippen LogP contribution in [0.25, 0.3) is 10.6 Å². The third-order valence-corrected chi connectivity index (χ3v) is 9.37. The summed E-state index contributed by atoms with van der Waals surface area (Å²) in [6.45, 7) is 4.35. The van der Waals surface area contributed by atoms with Gasteiger partial charge in [0.15, 0.2) is 0 Å². The molecule has 1 aliphatic carbocycles. The van der Waals surface area contributed by atoms with Gasteiger partial charge in [0.25, 0.3) is 0 Å². The molecule has 1 heterocycles. The Hall–Kier alpha value is -2.26. The maximum absolute atomic E-state index is 13.8. The van der Waals surface area contributed by atoms with Gasteiger partial charge >= 0.3 is 0 Å². The molecule has 0 radical (unpaired) electrons. The van der Waals surface area contributed by atoms with E-state index in [1.807, 2.05) is 5.38 Å². The van der Waals surface area contributed by atoms with E-state index >= 15 is 0 Å². The zero-order valence-electron chi connectivity index (χ0n) is 20.6. The van der Waals surface area contributed by atoms with Gasteiger partial charge in [-0.15, -0.1) is 11.3 Å². The molecule has 188 valence electrons. The van der Waals surface area contributed by atoms with Gasteiger partial charge in [-0.3, -0.25) is 0 Å². The van der Waals surface area contributed by atoms with Crippen LogP contribution in [0, 0.1) is 0 Å². The number of sulfonamides is 1. The van der Waals surface area contributed by atoms with Crippen molar-refractivity contribution in [1.82, 2.24) is 14.6 Å². The number of unbranched alkanes of at least 4 members (excludes halogenated alkanes) is 1. The van der Waals surface area contributed by atoms with Gasteiger partial charge in [0.2, 0.25) is 10.0 Å². The molecule has 1 aromatic heterocycles. The Kier molecular flexibility index (Phi) is 8.94. The zero-order valence-corrected chi connectivity index (χ0v) is 22.2. The van der Waals surface area contributed by atoms with Gasteiger partial charge in [0, 0.05) is 23.5 Å². The van der Waals surface area contributed by atoms with Crippen LogP contribution in [-0.4, -0.2) is 37.4 Å². The Morgan fingerprint density at radius 1 is 1.11 bits per heavy atom. The van der Waals surface area contributed by atoms with Crippen molar-refractivity contribution in [3.63, 3.8) is 0 Å². The van der Waals surface area contributed by atoms with Crippen molar-refractivity contribution in [3.05, 3.63) is 65.2 Å². The van der Waals surface area contributed by atoms with Crippen LogP contribution in [0.1, 0.15) is 56.7 Å². The highest BCUT2D eigenvalue weighted by Gasteiger charge is 2.35. The minimum Gasteiger partial charge on any atom is -0.495 e. The number of methoxy groups -OCH3 is 1. The summed E-state index contributed by atoms with van der Waals surface area (Å²) in [4.78, 5) is 5.04. The number of aromatic nitrogens is 1. The third kappa shape index (κ3) is 6.30. The highest BCUT2D eigenvalue weighted by Crippen LogP contribution is 2.34. The molecule has 0 aliphatic heterocycles. The molecule has 1 N–H and O–H groups in total. The average Bonchev–Trinajstić information content (AvgIpc) is 3.58. The van der Waals surface area contributed by atoms with Gasteiger partial charge in [0.1, 0.15) is 15.7 Å². The van der Waals surface area contributed by atoms with E-state index in [0.29, 0.717) is 5.75 Å². The van der Waals surface area contributed by atoms with E-state index in [9.17, 15) is 8.42 Å². The maximum atomic E-state index is 13.8. The second-order valence-corrected chi connectivity index (χ2v) is 11.7. The fourth-order valence-corrected chi connectivity index (χ4v) is 7.16. The summed E-state index contributed by atoms with van der Waals surface area (Å²) < 4.78 is 34.5. The third-order valence-electron chi connectivity index (χ3n) is 6.49. The van der Waals surface area contributed by atoms with Gasteiger partial charge < -0.3 is 10.1 Å². The second kappa shape index (κ2) is 12.1. The van der Waals surface area contributed by atoms with Crippen molar-refractivity contribution in [1.29, 1.82) is 0 Å². The normalized spacial score (nSPS) is 14.6. The lowest BCUT2D eigenvalue weighted by atomic mass is 10.1. The SMILES string of the molecule is CCCCNCc1ccc(-c2nc(CN(C3CCCC3)S(=O)(=O)c3ccccc3OC)cs2)cc1. The van der Waals surface area contributed by atoms with Crippen LogP contribution >= 0.6 is 11.3 Å². The van der Waals surface area contributed by atoms with Crippen LogP contribution < -0.4 is 10.1 Å². The maximum Gasteiger partial charge on any atom is 0.247 e. The molecule has 1 fully saturated rings. The van der Waals surface area contributed by atoms with E-state index in [2.05, 4.69) is 36.5 Å². The monoisotopic (exact) mass is 513 g/mol. The Labute approximate surface area is 213 Å². The molecule has 0 spiro atoms. The number of thiazole rings is 1. The van der Waals surface area contributed by atoms with Crippen molar-refractivity contribution in [2.24, 2.45) is 0 Å². The number of nitrogens with one attached hydrogen (secondary N) is 1. The molecule has 3 aromatic rings. The van der Waals surface area contributed by atoms with E-state index in [-0.39, 0.29) is 17.5 Å². The van der Waals surface area contributed by atoms with Crippen molar-refractivity contribution in [2.75, 3.05) is 13.7 Å². The molecule has 0 amide bonds. The molecule has 8 heteroatoms. The lowest BCUT2D eigenvalue weighted by Crippen LogP contribution is -2.38. The molecular weight excluding hydrogens is 478 g/mol. The molecule has 35 heavy (non-hydrogen) atoms. The van der Waals surface area contributed by atoms with E-state index < -0.39 is 10.0 Å². The Bertz CT molecular complexity index is 1190. The van der Waals surface area contributed by atoms with Crippen LogP contribution in [-0.2, 0) is 23.1 Å². The number of hydrogen-bond acceptors (Lipinski definition) is 6. The molecule has 0 bridgehead atoms. The summed E-state index contributed by atoms with van der Waals surface area (Å²) in [7, 11) is -2.23. The minimum absolute atomic E-state index is 0.0189. The van der Waals surface area contributed by atoms with E-state index in [1.165, 1.54) is 25.5 Å². The Balaban J connectivity index is 1.52. The topological polar surface area (TPSA) is 71.5 Å². The lowest BCUT2D eigenvalue weighted by Gasteiger charge is -2.28. The summed E-state index contributed by atoms with van der Waals surface area (Å²) in [5.41, 5.74) is 3.08. The fraction of sp³-hybridized carbons (Fsp3) is 0.444. The first-order valence-corrected chi connectivity index (χ1v) is 14.7. The fourth-order valence-electron chi connectivity index (χ4n) is 4.53. The van der Waals surface area contributed by atoms with Crippen LogP contribution in [0.5, 0.6) is 5.75 Å². The van der Waals surface area contributed by atoms with Gasteiger partial charge in [-0.25, -0.2) is 13.4 Å². The molecule has 0 saturated heterocycles. The first-order chi connectivity index (χ1) is 17.0. The molecule has 6 nitrogen and oxygen atoms in total. The van der Waals surface area contributed by atoms with Gasteiger partial charge in [-0.2, -0.15) is 4.31 Å². The van der Waals surface area contributed by atoms with Crippen molar-refractivity contribution in [3.8, 4) is 16.3 Å². The first-order valence-electron chi connectivity index (χ1n) is 12.4. The number of ether oxygens (including phenoxy) is 1. The summed E-state index contributed by atoms with van der Waals surface area (Å²) in [5.74, 6) is 0.374. The predicted octanol–water partition coefficient (Wildman–Crippen LogP) is 5.84. The van der Waals surface area contributed by atoms with E-state index in [4.69, 9.17) is 9.72 Å². The molecular formula is C27H35N3O3S2. The zero-order chi connectivity index (χ0) is 24.7. The quantitative estimate of drug-likeness (QED) is 0.308. The van der Waals surface area contributed by atoms with Crippen molar-refractivity contribution >= 4 is 21.4 Å². The van der Waals surface area contributed by atoms with Crippen LogP contribution in [0.15, 0.2) is 58.8 Å². The Morgan fingerprint density at radius 2 is 1.86 bits per heavy atom. The van der Waals surface area contributed by atoms with Crippen LogP contribution in [0.3, 0.4) is 0 Å². The molecule has 0 unspecified atom stereocenters. The van der Waals surface area contributed by atoms with Crippen LogP contribution in [0.2, 0.25) is 0 Å². The standard InChI is InChI=1S/C27H35N3O3S2/c1-3-4-17-28-18-21-13-15-22(16-14-21)27-29-23(20-34-27)19-30(24-9-5-6-10-24)35(31,32)26-12-8-7-11-25(26)33-2/h7-8,11-16,20,24,28H,3-6,9-10,17-19H2,1-2H3. The predicted molar refractivity (Wildman–Crippen MR) is 142 cm³/mol. The molecule has 0 atom stereocenters. The van der Waals surface area contributed by atoms with Crippen LogP contribution in [0.4, 0.5) is 0 Å². The minimum atomic E-state index is -3.73. The highest BCUT2D eigenvalue weighted by atomic mass is 32.2. The van der Waals surface area contributed by atoms with E-state index in [0.717, 1.165) is 55.0 Å². The van der Waals surface area contributed by atoms with Gasteiger partial charge in [0.05, 0.1) is 19.3 Å². The number of benzene rings is 2.